The van der Waals surface area contributed by atoms with Crippen LogP contribution >= 0.6 is 0 Å². The van der Waals surface area contributed by atoms with Crippen molar-refractivity contribution in [2.24, 2.45) is 11.8 Å². The predicted molar refractivity (Wildman–Crippen MR) is 79.7 cm³/mol. The molecule has 5 nitrogen and oxygen atoms in total. The van der Waals surface area contributed by atoms with Crippen LogP contribution in [0.1, 0.15) is 34.1 Å². The average molecular weight is 395 g/mol. The third-order valence-electron chi connectivity index (χ3n) is 2.17. The van der Waals surface area contributed by atoms with E-state index >= 15 is 0 Å². The molecule has 0 aromatic heterocycles. The van der Waals surface area contributed by atoms with Crippen LogP contribution in [0, 0.1) is 11.8 Å². The van der Waals surface area contributed by atoms with Crippen LogP contribution in [0.25, 0.3) is 0 Å². The van der Waals surface area contributed by atoms with Gasteiger partial charge in [-0.3, -0.25) is 4.79 Å². The number of methoxy groups -OCH3 is 2. The molecule has 0 saturated heterocycles. The monoisotopic (exact) mass is 396 g/mol. The normalized spacial score (nSPS) is 11.7. The molecule has 118 valence electrons. The number of esters is 2. The van der Waals surface area contributed by atoms with E-state index in [0.717, 1.165) is 18.9 Å². The van der Waals surface area contributed by atoms with Gasteiger partial charge in [-0.1, -0.05) is 0 Å². The van der Waals surface area contributed by atoms with Crippen LogP contribution < -0.4 is 0 Å². The van der Waals surface area contributed by atoms with Gasteiger partial charge < -0.3 is 14.6 Å². The van der Waals surface area contributed by atoms with E-state index in [4.69, 9.17) is 5.11 Å². The maximum Gasteiger partial charge on any atom is 0.335 e. The van der Waals surface area contributed by atoms with E-state index in [-0.39, 0.29) is 27.6 Å². The Morgan fingerprint density at radius 2 is 1.45 bits per heavy atom. The van der Waals surface area contributed by atoms with Gasteiger partial charge in [0.05, 0.1) is 20.6 Å². The van der Waals surface area contributed by atoms with Gasteiger partial charge in [0.25, 0.3) is 0 Å². The summed E-state index contributed by atoms with van der Waals surface area (Å²) >= 11 is 0.0709. The fraction of sp³-hybridized carbons (Fsp3) is 0.857. The molecule has 1 N–H and O–H groups in total. The zero-order valence-corrected chi connectivity index (χ0v) is 16.3. The summed E-state index contributed by atoms with van der Waals surface area (Å²) in [6, 6.07) is 0. The number of carbonyl (C=O) groups is 2. The van der Waals surface area contributed by atoms with Crippen molar-refractivity contribution in [3.63, 3.8) is 0 Å². The van der Waals surface area contributed by atoms with Crippen molar-refractivity contribution in [1.82, 2.24) is 0 Å². The van der Waals surface area contributed by atoms with Crippen molar-refractivity contribution < 1.29 is 24.2 Å². The van der Waals surface area contributed by atoms with Crippen molar-refractivity contribution >= 4 is 33.1 Å². The van der Waals surface area contributed by atoms with E-state index in [0.29, 0.717) is 0 Å². The van der Waals surface area contributed by atoms with E-state index in [1.807, 2.05) is 0 Å². The fourth-order valence-electron chi connectivity index (χ4n) is 1.12. The summed E-state index contributed by atoms with van der Waals surface area (Å²) in [5.41, 5.74) is 0. The summed E-state index contributed by atoms with van der Waals surface area (Å²) in [4.78, 5) is 20.9. The quantitative estimate of drug-likeness (QED) is 0.527. The number of hydrogen-bond acceptors (Lipinski definition) is 5. The largest absolute Gasteiger partial charge is 0.469 e. The van der Waals surface area contributed by atoms with Crippen LogP contribution in [-0.4, -0.2) is 58.5 Å². The van der Waals surface area contributed by atoms with Gasteiger partial charge in [-0.25, -0.2) is 4.79 Å². The number of hydrogen-bond donors (Lipinski definition) is 1. The van der Waals surface area contributed by atoms with E-state index in [2.05, 4.69) is 37.2 Å². The summed E-state index contributed by atoms with van der Waals surface area (Å²) < 4.78 is 11.5. The van der Waals surface area contributed by atoms with Crippen LogP contribution in [0.15, 0.2) is 0 Å². The van der Waals surface area contributed by atoms with E-state index in [1.54, 1.807) is 8.87 Å². The summed E-state index contributed by atoms with van der Waals surface area (Å²) in [5, 5.41) is 8.84. The van der Waals surface area contributed by atoms with Crippen LogP contribution in [0.2, 0.25) is 8.87 Å². The Kier molecular flexibility index (Phi) is 15.0. The molecule has 0 aliphatic carbocycles. The van der Waals surface area contributed by atoms with E-state index in [9.17, 15) is 9.59 Å². The second kappa shape index (κ2) is 13.7. The maximum absolute atomic E-state index is 10.5. The van der Waals surface area contributed by atoms with Gasteiger partial charge in [0.1, 0.15) is 0 Å². The Morgan fingerprint density at radius 3 is 1.75 bits per heavy atom. The van der Waals surface area contributed by atoms with Gasteiger partial charge >= 0.3 is 81.5 Å². The molecule has 0 aromatic rings. The molecule has 0 heterocycles. The molecular weight excluding hydrogens is 367 g/mol. The number of carbonyl (C=O) groups excluding carboxylic acids is 2. The molecule has 0 fully saturated rings. The van der Waals surface area contributed by atoms with Crippen molar-refractivity contribution in [2.45, 2.75) is 49.1 Å². The zero-order chi connectivity index (χ0) is 16.1. The first-order chi connectivity index (χ1) is 9.24. The van der Waals surface area contributed by atoms with E-state index in [1.165, 1.54) is 7.11 Å². The smallest absolute Gasteiger partial charge is 0.335 e. The van der Waals surface area contributed by atoms with Gasteiger partial charge in [0.15, 0.2) is 6.10 Å². The minimum atomic E-state index is -1.42. The molecule has 20 heavy (non-hydrogen) atoms. The third kappa shape index (κ3) is 15.8. The first-order valence-electron chi connectivity index (χ1n) is 6.77. The number of aliphatic hydroxyl groups excluding tert-OH is 1. The second-order valence-corrected chi connectivity index (χ2v) is 9.02. The Labute approximate surface area is 132 Å². The molecule has 0 amide bonds. The second-order valence-electron chi connectivity index (χ2n) is 5.27. The SMILES string of the molecule is CC(C)[CH2][Sn][CH2]C(C)C.COC(=O)CC(O)C(=O)OC. The molecule has 0 spiro atoms. The molecule has 0 aliphatic heterocycles. The molecule has 0 aromatic carbocycles. The predicted octanol–water partition coefficient (Wildman–Crippen LogP) is 1.92. The van der Waals surface area contributed by atoms with Crippen molar-refractivity contribution in [1.29, 1.82) is 0 Å². The van der Waals surface area contributed by atoms with Crippen LogP contribution in [0.5, 0.6) is 0 Å². The molecule has 2 radical (unpaired) electrons. The molecule has 0 aliphatic rings. The summed E-state index contributed by atoms with van der Waals surface area (Å²) in [7, 11) is 2.30. The molecule has 1 atom stereocenters. The van der Waals surface area contributed by atoms with Gasteiger partial charge in [-0.15, -0.1) is 0 Å². The Hall–Kier alpha value is -0.301. The van der Waals surface area contributed by atoms with Gasteiger partial charge in [0.2, 0.25) is 0 Å². The molecule has 0 rings (SSSR count). The standard InChI is InChI=1S/C6H10O5.2C4H9.Sn/c1-10-5(8)3-4(7)6(9)11-2;2*1-4(2)3;/h4,7H,3H2,1-2H3;2*4H,1H2,2-3H3;. The Morgan fingerprint density at radius 1 is 1.00 bits per heavy atom. The molecule has 0 saturated carbocycles. The van der Waals surface area contributed by atoms with Crippen LogP contribution in [0.4, 0.5) is 0 Å². The molecule has 1 unspecified atom stereocenters. The average Bonchev–Trinajstić information content (AvgIpc) is 2.37. The van der Waals surface area contributed by atoms with Crippen molar-refractivity contribution in [2.75, 3.05) is 14.2 Å². The molecule has 6 heteroatoms. The summed E-state index contributed by atoms with van der Waals surface area (Å²) in [5.74, 6) is 0.448. The van der Waals surface area contributed by atoms with Crippen molar-refractivity contribution in [3.05, 3.63) is 0 Å². The molecular formula is C14H28O5Sn. The van der Waals surface area contributed by atoms with Crippen LogP contribution in [-0.2, 0) is 19.1 Å². The zero-order valence-electron chi connectivity index (χ0n) is 13.4. The first kappa shape index (κ1) is 22.0. The topological polar surface area (TPSA) is 72.8 Å². The third-order valence-corrected chi connectivity index (χ3v) is 8.47. The first-order valence-corrected chi connectivity index (χ1v) is 10.8. The van der Waals surface area contributed by atoms with Crippen LogP contribution in [0.3, 0.4) is 0 Å². The number of rotatable bonds is 7. The summed E-state index contributed by atoms with van der Waals surface area (Å²) in [6.07, 6.45) is -1.80. The number of aliphatic hydroxyl groups is 1. The van der Waals surface area contributed by atoms with Crippen molar-refractivity contribution in [3.8, 4) is 0 Å². The minimum absolute atomic E-state index is 0.0709. The van der Waals surface area contributed by atoms with Gasteiger partial charge in [-0.2, -0.15) is 0 Å². The Bertz CT molecular complexity index is 258. The number of ether oxygens (including phenoxy) is 2. The molecule has 0 bridgehead atoms. The van der Waals surface area contributed by atoms with Gasteiger partial charge in [-0.05, 0) is 0 Å². The summed E-state index contributed by atoms with van der Waals surface area (Å²) in [6.45, 7) is 9.34. The van der Waals surface area contributed by atoms with Gasteiger partial charge in [0, 0.05) is 0 Å². The Balaban J connectivity index is 0. The fourth-order valence-corrected chi connectivity index (χ4v) is 4.89. The van der Waals surface area contributed by atoms with E-state index < -0.39 is 18.0 Å². The maximum atomic E-state index is 10.5. The minimum Gasteiger partial charge on any atom is -0.469 e.